The maximum atomic E-state index is 12.9. The molecule has 1 amide bonds. The summed E-state index contributed by atoms with van der Waals surface area (Å²) < 4.78 is 80.0. The van der Waals surface area contributed by atoms with Crippen LogP contribution in [0.4, 0.5) is 0 Å². The molecule has 0 spiro atoms. The van der Waals surface area contributed by atoms with Gasteiger partial charge in [0.25, 0.3) is 0 Å². The van der Waals surface area contributed by atoms with Crippen molar-refractivity contribution in [3.63, 3.8) is 0 Å². The normalized spacial score (nSPS) is 18.7. The van der Waals surface area contributed by atoms with E-state index in [4.69, 9.17) is 4.74 Å². The number of benzene rings is 2. The number of morpholine rings is 1. The second-order valence-corrected chi connectivity index (χ2v) is 24.4. The Hall–Kier alpha value is -2.32. The number of nitrogens with zero attached hydrogens (tertiary/aromatic N) is 2. The van der Waals surface area contributed by atoms with Gasteiger partial charge in [-0.25, -0.2) is 25.3 Å². The van der Waals surface area contributed by atoms with E-state index in [-0.39, 0.29) is 34.4 Å². The summed E-state index contributed by atoms with van der Waals surface area (Å²) in [7, 11) is -9.29. The van der Waals surface area contributed by atoms with Gasteiger partial charge in [-0.15, -0.1) is 0 Å². The number of sulfone groups is 2. The van der Waals surface area contributed by atoms with E-state index in [1.807, 2.05) is 30.9 Å². The molecule has 0 aromatic heterocycles. The molecule has 2 aliphatic heterocycles. The number of piperidine rings is 1. The predicted molar refractivity (Wildman–Crippen MR) is 237 cm³/mol. The van der Waals surface area contributed by atoms with E-state index in [0.717, 1.165) is 109 Å². The Morgan fingerprint density at radius 2 is 1.02 bits per heavy atom. The standard InChI is InChI=1S/C23H37NO3S.C22H37NO5S2/c1-19(2)28(26,27)18-8-6-4-5-7-9-21-10-12-22(13-11-21)23-14-16-24(17-15-23)20(3)25;1-18(2)29(24,25)15-9-7-5-6-8-10-21-11-13-22(14-12-21)30(26,27)23-16-19(3)28-20(4)17-23/h10-13,19,23H,4-9,14-18H2,1-3H3;11-14,18-20H,5-10,15-17H2,1-4H3/t;19-,20+. The van der Waals surface area contributed by atoms with E-state index in [0.29, 0.717) is 29.7 Å². The third-order valence-corrected chi connectivity index (χ3v) is 18.0. The Balaban J connectivity index is 0.000000311. The second kappa shape index (κ2) is 24.2. The van der Waals surface area contributed by atoms with Gasteiger partial charge in [-0.05, 0) is 128 Å². The highest BCUT2D eigenvalue weighted by Crippen LogP contribution is 2.29. The molecule has 0 saturated carbocycles. The zero-order valence-electron chi connectivity index (χ0n) is 36.5. The fourth-order valence-electron chi connectivity index (χ4n) is 7.59. The lowest BCUT2D eigenvalue weighted by molar-refractivity contribution is -0.129. The van der Waals surface area contributed by atoms with Crippen molar-refractivity contribution < 1.29 is 34.8 Å². The number of hydrogen-bond acceptors (Lipinski definition) is 8. The molecule has 2 aliphatic rings. The van der Waals surface area contributed by atoms with E-state index in [1.165, 1.54) is 15.4 Å². The summed E-state index contributed by atoms with van der Waals surface area (Å²) in [5.41, 5.74) is 3.91. The van der Waals surface area contributed by atoms with E-state index >= 15 is 0 Å². The summed E-state index contributed by atoms with van der Waals surface area (Å²) in [6.07, 6.45) is 13.9. The van der Waals surface area contributed by atoms with Gasteiger partial charge in [0.05, 0.1) is 39.1 Å². The smallest absolute Gasteiger partial charge is 0.243 e. The fourth-order valence-corrected chi connectivity index (χ4v) is 11.3. The van der Waals surface area contributed by atoms with Crippen LogP contribution in [0, 0.1) is 0 Å². The van der Waals surface area contributed by atoms with Gasteiger partial charge >= 0.3 is 0 Å². The number of carbonyl (C=O) groups excluding carboxylic acids is 1. The first-order valence-corrected chi connectivity index (χ1v) is 26.7. The Morgan fingerprint density at radius 1 is 0.621 bits per heavy atom. The van der Waals surface area contributed by atoms with Crippen molar-refractivity contribution >= 4 is 35.6 Å². The van der Waals surface area contributed by atoms with Gasteiger partial charge in [-0.3, -0.25) is 4.79 Å². The minimum Gasteiger partial charge on any atom is -0.373 e. The minimum absolute atomic E-state index is 0.103. The van der Waals surface area contributed by atoms with Crippen molar-refractivity contribution in [2.24, 2.45) is 0 Å². The maximum absolute atomic E-state index is 12.9. The molecule has 4 rings (SSSR count). The third kappa shape index (κ3) is 17.0. The average molecular weight is 867 g/mol. The zero-order valence-corrected chi connectivity index (χ0v) is 39.0. The molecule has 2 atom stereocenters. The maximum Gasteiger partial charge on any atom is 0.243 e. The molecule has 58 heavy (non-hydrogen) atoms. The summed E-state index contributed by atoms with van der Waals surface area (Å²) >= 11 is 0. The highest BCUT2D eigenvalue weighted by molar-refractivity contribution is 7.92. The molecule has 10 nitrogen and oxygen atoms in total. The number of ether oxygens (including phenoxy) is 1. The Kier molecular flexibility index (Phi) is 20.9. The van der Waals surface area contributed by atoms with Gasteiger partial charge in [-0.2, -0.15) is 4.31 Å². The summed E-state index contributed by atoms with van der Waals surface area (Å²) in [5.74, 6) is 1.38. The average Bonchev–Trinajstić information content (AvgIpc) is 3.17. The van der Waals surface area contributed by atoms with E-state index in [1.54, 1.807) is 46.8 Å². The number of unbranched alkanes of at least 4 members (excludes halogenated alkanes) is 8. The van der Waals surface area contributed by atoms with Crippen LogP contribution in [0.5, 0.6) is 0 Å². The van der Waals surface area contributed by atoms with Gasteiger partial charge in [0.1, 0.15) is 0 Å². The number of aryl methyl sites for hydroxylation is 2. The summed E-state index contributed by atoms with van der Waals surface area (Å²) in [6, 6.07) is 16.2. The van der Waals surface area contributed by atoms with E-state index in [2.05, 4.69) is 24.3 Å². The summed E-state index contributed by atoms with van der Waals surface area (Å²) in [6.45, 7) is 14.9. The lowest BCUT2D eigenvalue weighted by Gasteiger charge is -2.34. The lowest BCUT2D eigenvalue weighted by Crippen LogP contribution is -2.48. The topological polar surface area (TPSA) is 135 Å². The van der Waals surface area contributed by atoms with Gasteiger partial charge < -0.3 is 9.64 Å². The second-order valence-electron chi connectivity index (χ2n) is 17.1. The third-order valence-electron chi connectivity index (χ3n) is 11.6. The van der Waals surface area contributed by atoms with Crippen molar-refractivity contribution in [2.45, 2.75) is 172 Å². The molecule has 2 aromatic carbocycles. The van der Waals surface area contributed by atoms with E-state index in [9.17, 15) is 30.0 Å². The van der Waals surface area contributed by atoms with Crippen LogP contribution in [-0.4, -0.2) is 101 Å². The fraction of sp³-hybridized carbons (Fsp3) is 0.711. The predicted octanol–water partition coefficient (Wildman–Crippen LogP) is 8.53. The van der Waals surface area contributed by atoms with Crippen molar-refractivity contribution in [1.82, 2.24) is 9.21 Å². The number of carbonyl (C=O) groups is 1. The molecule has 2 fully saturated rings. The number of sulfonamides is 1. The van der Waals surface area contributed by atoms with Crippen LogP contribution in [-0.2, 0) is 52.1 Å². The molecular weight excluding hydrogens is 793 g/mol. The van der Waals surface area contributed by atoms with Crippen LogP contribution in [0.15, 0.2) is 53.4 Å². The molecule has 0 radical (unpaired) electrons. The van der Waals surface area contributed by atoms with Crippen LogP contribution in [0.2, 0.25) is 0 Å². The monoisotopic (exact) mass is 866 g/mol. The Labute approximate surface area is 352 Å². The molecule has 0 bridgehead atoms. The summed E-state index contributed by atoms with van der Waals surface area (Å²) in [4.78, 5) is 13.7. The Bertz CT molecular complexity index is 1830. The van der Waals surface area contributed by atoms with Gasteiger partial charge in [0.15, 0.2) is 19.7 Å². The first-order valence-electron chi connectivity index (χ1n) is 21.8. The molecule has 13 heteroatoms. The largest absolute Gasteiger partial charge is 0.373 e. The number of rotatable bonds is 21. The van der Waals surface area contributed by atoms with Crippen LogP contribution in [0.1, 0.15) is 148 Å². The SMILES string of the molecule is CC(=O)N1CCC(c2ccc(CCCCCCCS(=O)(=O)C(C)C)cc2)CC1.CC(C)S(=O)(=O)CCCCCCCc1ccc(S(=O)(=O)N2C[C@@H](C)O[C@@H](C)C2)cc1. The molecule has 2 aromatic rings. The van der Waals surface area contributed by atoms with Crippen LogP contribution in [0.25, 0.3) is 0 Å². The van der Waals surface area contributed by atoms with Crippen molar-refractivity contribution in [1.29, 1.82) is 0 Å². The van der Waals surface area contributed by atoms with Crippen LogP contribution in [0.3, 0.4) is 0 Å². The molecule has 0 aliphatic carbocycles. The zero-order chi connectivity index (χ0) is 42.9. The van der Waals surface area contributed by atoms with Crippen molar-refractivity contribution in [3.8, 4) is 0 Å². The van der Waals surface area contributed by atoms with E-state index < -0.39 is 29.7 Å². The quantitative estimate of drug-likeness (QED) is 0.114. The van der Waals surface area contributed by atoms with Crippen molar-refractivity contribution in [3.05, 3.63) is 65.2 Å². The first kappa shape index (κ1) is 50.0. The minimum atomic E-state index is -3.49. The molecule has 0 unspecified atom stereocenters. The van der Waals surface area contributed by atoms with Gasteiger partial charge in [0, 0.05) is 33.1 Å². The number of likely N-dealkylation sites (tertiary alicyclic amines) is 1. The number of amides is 1. The first-order chi connectivity index (χ1) is 27.3. The Morgan fingerprint density at radius 3 is 1.43 bits per heavy atom. The van der Waals surface area contributed by atoms with Crippen LogP contribution >= 0.6 is 0 Å². The number of hydrogen-bond donors (Lipinski definition) is 0. The summed E-state index contributed by atoms with van der Waals surface area (Å²) in [5, 5.41) is -0.545. The molecule has 2 heterocycles. The molecule has 2 saturated heterocycles. The van der Waals surface area contributed by atoms with Crippen LogP contribution < -0.4 is 0 Å². The molecule has 330 valence electrons. The molecule has 0 N–H and O–H groups in total. The lowest BCUT2D eigenvalue weighted by atomic mass is 9.88. The van der Waals surface area contributed by atoms with Crippen molar-refractivity contribution in [2.75, 3.05) is 37.7 Å². The van der Waals surface area contributed by atoms with Gasteiger partial charge in [0.2, 0.25) is 15.9 Å². The van der Waals surface area contributed by atoms with Gasteiger partial charge in [-0.1, -0.05) is 74.9 Å². The highest BCUT2D eigenvalue weighted by Gasteiger charge is 2.32. The molecular formula is C45H74N2O8S3. The highest BCUT2D eigenvalue weighted by atomic mass is 32.2.